The maximum atomic E-state index is 12.4. The van der Waals surface area contributed by atoms with Gasteiger partial charge in [0.25, 0.3) is 0 Å². The van der Waals surface area contributed by atoms with E-state index in [4.69, 9.17) is 4.74 Å². The molecule has 100 valence electrons. The van der Waals surface area contributed by atoms with E-state index in [-0.39, 0.29) is 17.6 Å². The van der Waals surface area contributed by atoms with Crippen LogP contribution in [0.25, 0.3) is 0 Å². The number of benzene rings is 1. The lowest BCUT2D eigenvalue weighted by atomic mass is 10.00. The molecule has 0 atom stereocenters. The third-order valence-electron chi connectivity index (χ3n) is 3.21. The number of hydrogen-bond donors (Lipinski definition) is 0. The minimum atomic E-state index is -0.880. The zero-order valence-electron chi connectivity index (χ0n) is 10.9. The molecule has 0 saturated carbocycles. The summed E-state index contributed by atoms with van der Waals surface area (Å²) in [7, 11) is 0. The number of aromatic nitrogens is 2. The van der Waals surface area contributed by atoms with E-state index in [0.717, 1.165) is 0 Å². The molecule has 20 heavy (non-hydrogen) atoms. The molecule has 5 heteroatoms. The second-order valence-corrected chi connectivity index (χ2v) is 4.40. The van der Waals surface area contributed by atoms with Gasteiger partial charge in [0.05, 0.1) is 12.3 Å². The van der Waals surface area contributed by atoms with Gasteiger partial charge in [-0.2, -0.15) is 4.98 Å². The van der Waals surface area contributed by atoms with Crippen LogP contribution in [0.4, 0.5) is 0 Å². The minimum Gasteiger partial charge on any atom is -0.464 e. The summed E-state index contributed by atoms with van der Waals surface area (Å²) in [5, 5.41) is 0. The van der Waals surface area contributed by atoms with Gasteiger partial charge in [-0.15, -0.1) is 0 Å². The van der Waals surface area contributed by atoms with Gasteiger partial charge >= 0.3 is 6.01 Å². The van der Waals surface area contributed by atoms with E-state index in [9.17, 15) is 9.59 Å². The lowest BCUT2D eigenvalue weighted by molar-refractivity contribution is 0.0887. The van der Waals surface area contributed by atoms with Crippen molar-refractivity contribution in [2.45, 2.75) is 12.8 Å². The first-order chi connectivity index (χ1) is 9.72. The summed E-state index contributed by atoms with van der Waals surface area (Å²) in [4.78, 5) is 32.8. The molecule has 1 aliphatic carbocycles. The second-order valence-electron chi connectivity index (χ2n) is 4.40. The number of carbonyl (C=O) groups is 2. The summed E-state index contributed by atoms with van der Waals surface area (Å²) >= 11 is 0. The molecular weight excluding hydrogens is 256 g/mol. The predicted octanol–water partition coefficient (Wildman–Crippen LogP) is 2.04. The molecule has 1 aromatic heterocycles. The fourth-order valence-electron chi connectivity index (χ4n) is 2.32. The van der Waals surface area contributed by atoms with E-state index in [1.807, 2.05) is 6.92 Å². The fourth-order valence-corrected chi connectivity index (χ4v) is 2.32. The zero-order valence-corrected chi connectivity index (χ0v) is 10.9. The number of hydrogen-bond acceptors (Lipinski definition) is 5. The van der Waals surface area contributed by atoms with Gasteiger partial charge in [0.15, 0.2) is 11.6 Å². The number of rotatable bonds is 3. The molecule has 1 aromatic carbocycles. The van der Waals surface area contributed by atoms with Crippen molar-refractivity contribution in [3.63, 3.8) is 0 Å². The lowest BCUT2D eigenvalue weighted by Gasteiger charge is -2.07. The Morgan fingerprint density at radius 3 is 2.35 bits per heavy atom. The van der Waals surface area contributed by atoms with Gasteiger partial charge in [0.2, 0.25) is 0 Å². The Balaban J connectivity index is 2.02. The summed E-state index contributed by atoms with van der Waals surface area (Å²) in [5.74, 6) is -1.31. The van der Waals surface area contributed by atoms with Crippen molar-refractivity contribution in [3.05, 3.63) is 53.3 Å². The van der Waals surface area contributed by atoms with Crippen LogP contribution in [0.3, 0.4) is 0 Å². The van der Waals surface area contributed by atoms with Gasteiger partial charge < -0.3 is 4.74 Å². The summed E-state index contributed by atoms with van der Waals surface area (Å²) in [6, 6.07) is 8.59. The monoisotopic (exact) mass is 268 g/mol. The Morgan fingerprint density at radius 1 is 1.10 bits per heavy atom. The van der Waals surface area contributed by atoms with Gasteiger partial charge in [0, 0.05) is 17.3 Å². The van der Waals surface area contributed by atoms with E-state index in [1.54, 1.807) is 30.3 Å². The highest BCUT2D eigenvalue weighted by Gasteiger charge is 2.40. The van der Waals surface area contributed by atoms with Crippen molar-refractivity contribution < 1.29 is 14.3 Å². The summed E-state index contributed by atoms with van der Waals surface area (Å²) in [6.07, 6.45) is 1.50. The highest BCUT2D eigenvalue weighted by Crippen LogP contribution is 2.33. The average molecular weight is 268 g/mol. The summed E-state index contributed by atoms with van der Waals surface area (Å²) in [5.41, 5.74) is 1.30. The highest BCUT2D eigenvalue weighted by atomic mass is 16.5. The molecule has 0 spiro atoms. The van der Waals surface area contributed by atoms with Crippen molar-refractivity contribution in [2.75, 3.05) is 6.61 Å². The zero-order chi connectivity index (χ0) is 14.1. The van der Waals surface area contributed by atoms with Crippen LogP contribution in [0.1, 0.15) is 39.3 Å². The Hall–Kier alpha value is -2.56. The van der Waals surface area contributed by atoms with Crippen molar-refractivity contribution in [1.29, 1.82) is 0 Å². The second kappa shape index (κ2) is 4.85. The lowest BCUT2D eigenvalue weighted by Crippen LogP contribution is -2.15. The smallest absolute Gasteiger partial charge is 0.316 e. The Kier molecular flexibility index (Phi) is 3.02. The molecule has 0 amide bonds. The van der Waals surface area contributed by atoms with Gasteiger partial charge in [-0.1, -0.05) is 24.3 Å². The highest BCUT2D eigenvalue weighted by molar-refractivity contribution is 6.29. The molecule has 1 heterocycles. The van der Waals surface area contributed by atoms with E-state index in [0.29, 0.717) is 23.4 Å². The van der Waals surface area contributed by atoms with E-state index in [2.05, 4.69) is 9.97 Å². The fraction of sp³-hybridized carbons (Fsp3) is 0.200. The number of nitrogens with zero attached hydrogens (tertiary/aromatic N) is 2. The van der Waals surface area contributed by atoms with Crippen molar-refractivity contribution in [2.24, 2.45) is 0 Å². The molecule has 1 aliphatic rings. The van der Waals surface area contributed by atoms with Gasteiger partial charge in [-0.3, -0.25) is 9.59 Å². The topological polar surface area (TPSA) is 69.2 Å². The minimum absolute atomic E-state index is 0.182. The third-order valence-corrected chi connectivity index (χ3v) is 3.21. The standard InChI is InChI=1S/C15H12N2O3/c1-2-20-15-16-8-7-11(17-15)12-13(18)9-5-3-4-6-10(9)14(12)19/h3-8,12H,2H2,1H3. The maximum Gasteiger partial charge on any atom is 0.316 e. The first-order valence-electron chi connectivity index (χ1n) is 6.35. The van der Waals surface area contributed by atoms with Crippen LogP contribution >= 0.6 is 0 Å². The Bertz CT molecular complexity index is 662. The molecule has 0 saturated heterocycles. The number of ketones is 2. The van der Waals surface area contributed by atoms with Crippen LogP contribution in [0, 0.1) is 0 Å². The molecule has 5 nitrogen and oxygen atoms in total. The predicted molar refractivity (Wildman–Crippen MR) is 71.0 cm³/mol. The first-order valence-corrected chi connectivity index (χ1v) is 6.35. The van der Waals surface area contributed by atoms with Crippen molar-refractivity contribution >= 4 is 11.6 Å². The number of fused-ring (bicyclic) bond motifs is 1. The number of carbonyl (C=O) groups excluding carboxylic acids is 2. The van der Waals surface area contributed by atoms with Gasteiger partial charge in [-0.25, -0.2) is 4.98 Å². The summed E-state index contributed by atoms with van der Waals surface area (Å²) < 4.78 is 5.21. The van der Waals surface area contributed by atoms with Gasteiger partial charge in [0.1, 0.15) is 5.92 Å². The molecule has 0 fully saturated rings. The molecule has 0 bridgehead atoms. The van der Waals surface area contributed by atoms with Crippen LogP contribution < -0.4 is 4.74 Å². The van der Waals surface area contributed by atoms with E-state index >= 15 is 0 Å². The van der Waals surface area contributed by atoms with Crippen LogP contribution in [-0.4, -0.2) is 28.1 Å². The normalized spacial score (nSPS) is 14.4. The van der Waals surface area contributed by atoms with Crippen LogP contribution in [0.15, 0.2) is 36.5 Å². The Labute approximate surface area is 115 Å². The molecule has 3 rings (SSSR count). The number of Topliss-reactive ketones (excluding diaryl/α,β-unsaturated/α-hetero) is 2. The molecule has 0 radical (unpaired) electrons. The molecular formula is C15H12N2O3. The van der Waals surface area contributed by atoms with Crippen LogP contribution in [0.5, 0.6) is 6.01 Å². The van der Waals surface area contributed by atoms with Crippen LogP contribution in [-0.2, 0) is 0 Å². The van der Waals surface area contributed by atoms with Gasteiger partial charge in [-0.05, 0) is 13.0 Å². The quantitative estimate of drug-likeness (QED) is 0.797. The van der Waals surface area contributed by atoms with Crippen LogP contribution in [0.2, 0.25) is 0 Å². The largest absolute Gasteiger partial charge is 0.464 e. The van der Waals surface area contributed by atoms with Crippen molar-refractivity contribution in [1.82, 2.24) is 9.97 Å². The van der Waals surface area contributed by atoms with Crippen molar-refractivity contribution in [3.8, 4) is 6.01 Å². The summed E-state index contributed by atoms with van der Waals surface area (Å²) in [6.45, 7) is 2.24. The molecule has 2 aromatic rings. The molecule has 0 aliphatic heterocycles. The van der Waals surface area contributed by atoms with E-state index < -0.39 is 5.92 Å². The van der Waals surface area contributed by atoms with E-state index in [1.165, 1.54) is 6.20 Å². The average Bonchev–Trinajstić information content (AvgIpc) is 2.72. The molecule has 0 unspecified atom stereocenters. The maximum absolute atomic E-state index is 12.4. The first kappa shape index (κ1) is 12.5. The Morgan fingerprint density at radius 2 is 1.75 bits per heavy atom. The third kappa shape index (κ3) is 1.87. The molecule has 0 N–H and O–H groups in total. The number of ether oxygens (including phenoxy) is 1. The SMILES string of the molecule is CCOc1nccc(C2C(=O)c3ccccc3C2=O)n1.